The molecule has 3 aromatic rings. The van der Waals surface area contributed by atoms with Crippen LogP contribution in [0.25, 0.3) is 22.6 Å². The van der Waals surface area contributed by atoms with Crippen molar-refractivity contribution in [2.75, 3.05) is 13.7 Å². The number of rotatable bonds is 6. The minimum absolute atomic E-state index is 0.234. The molecule has 6 nitrogen and oxygen atoms in total. The van der Waals surface area contributed by atoms with Crippen molar-refractivity contribution < 1.29 is 14.3 Å². The Hall–Kier alpha value is -2.86. The van der Waals surface area contributed by atoms with Gasteiger partial charge in [-0.05, 0) is 50.2 Å². The van der Waals surface area contributed by atoms with Gasteiger partial charge in [0.1, 0.15) is 23.3 Å². The van der Waals surface area contributed by atoms with E-state index >= 15 is 0 Å². The number of aromatic amines is 1. The Morgan fingerprint density at radius 2 is 1.85 bits per heavy atom. The van der Waals surface area contributed by atoms with Gasteiger partial charge in [0.05, 0.1) is 18.2 Å². The molecule has 0 radical (unpaired) electrons. The number of imidazole rings is 1. The number of nitrogens with one attached hydrogen (secondary N) is 1. The van der Waals surface area contributed by atoms with E-state index in [0.29, 0.717) is 16.7 Å². The number of nitrogens with zero attached hydrogens (tertiary/aromatic N) is 2. The number of methoxy groups -OCH3 is 1. The average molecular weight is 386 g/mol. The molecular weight excluding hydrogens is 366 g/mol. The highest BCUT2D eigenvalue weighted by Crippen LogP contribution is 2.25. The van der Waals surface area contributed by atoms with Gasteiger partial charge in [0.15, 0.2) is 0 Å². The van der Waals surface area contributed by atoms with Crippen LogP contribution in [0.15, 0.2) is 48.8 Å². The van der Waals surface area contributed by atoms with E-state index in [4.69, 9.17) is 21.1 Å². The van der Waals surface area contributed by atoms with Crippen molar-refractivity contribution in [3.63, 3.8) is 0 Å². The van der Waals surface area contributed by atoms with Crippen LogP contribution < -0.4 is 4.74 Å². The molecule has 1 N–H and O–H groups in total. The predicted molar refractivity (Wildman–Crippen MR) is 104 cm³/mol. The molecule has 7 heteroatoms. The van der Waals surface area contributed by atoms with Crippen molar-refractivity contribution in [1.82, 2.24) is 15.0 Å². The van der Waals surface area contributed by atoms with E-state index in [1.165, 1.54) is 7.11 Å². The number of halogens is 1. The lowest BCUT2D eigenvalue weighted by Gasteiger charge is -2.21. The van der Waals surface area contributed by atoms with Gasteiger partial charge in [-0.25, -0.2) is 4.98 Å². The van der Waals surface area contributed by atoms with E-state index in [1.807, 2.05) is 36.4 Å². The van der Waals surface area contributed by atoms with E-state index < -0.39 is 5.41 Å². The van der Waals surface area contributed by atoms with Gasteiger partial charge in [0.25, 0.3) is 0 Å². The zero-order valence-electron chi connectivity index (χ0n) is 15.3. The summed E-state index contributed by atoms with van der Waals surface area (Å²) in [7, 11) is 1.37. The number of pyridine rings is 1. The maximum absolute atomic E-state index is 11.7. The summed E-state index contributed by atoms with van der Waals surface area (Å²) in [5.74, 6) is 1.05. The van der Waals surface area contributed by atoms with Crippen LogP contribution in [-0.4, -0.2) is 34.6 Å². The third-order valence-electron chi connectivity index (χ3n) is 4.07. The van der Waals surface area contributed by atoms with Gasteiger partial charge in [0.2, 0.25) is 0 Å². The van der Waals surface area contributed by atoms with Crippen molar-refractivity contribution in [3.8, 4) is 28.4 Å². The van der Waals surface area contributed by atoms with E-state index in [0.717, 1.165) is 16.8 Å². The van der Waals surface area contributed by atoms with Gasteiger partial charge < -0.3 is 14.5 Å². The third kappa shape index (κ3) is 4.46. The highest BCUT2D eigenvalue weighted by atomic mass is 35.5. The molecule has 0 unspecified atom stereocenters. The lowest BCUT2D eigenvalue weighted by Crippen LogP contribution is -2.32. The van der Waals surface area contributed by atoms with Crippen LogP contribution in [0, 0.1) is 5.41 Å². The van der Waals surface area contributed by atoms with Crippen molar-refractivity contribution >= 4 is 17.6 Å². The number of carbonyl (C=O) groups is 1. The summed E-state index contributed by atoms with van der Waals surface area (Å²) in [6, 6.07) is 11.4. The van der Waals surface area contributed by atoms with Gasteiger partial charge in [-0.15, -0.1) is 0 Å². The summed E-state index contributed by atoms with van der Waals surface area (Å²) in [4.78, 5) is 23.3. The molecule has 140 valence electrons. The number of esters is 1. The fraction of sp³-hybridized carbons (Fsp3) is 0.250. The van der Waals surface area contributed by atoms with Gasteiger partial charge in [0, 0.05) is 23.5 Å². The summed E-state index contributed by atoms with van der Waals surface area (Å²) in [5.41, 5.74) is 1.94. The largest absolute Gasteiger partial charge is 0.492 e. The lowest BCUT2D eigenvalue weighted by atomic mass is 9.95. The highest BCUT2D eigenvalue weighted by Gasteiger charge is 2.29. The molecule has 0 saturated heterocycles. The van der Waals surface area contributed by atoms with Crippen LogP contribution in [0.1, 0.15) is 13.8 Å². The van der Waals surface area contributed by atoms with Crippen LogP contribution in [-0.2, 0) is 9.53 Å². The Labute approximate surface area is 162 Å². The van der Waals surface area contributed by atoms with Crippen molar-refractivity contribution in [1.29, 1.82) is 0 Å². The summed E-state index contributed by atoms with van der Waals surface area (Å²) in [6.45, 7) is 3.80. The van der Waals surface area contributed by atoms with Gasteiger partial charge in [-0.1, -0.05) is 11.6 Å². The molecule has 27 heavy (non-hydrogen) atoms. The first-order chi connectivity index (χ1) is 12.9. The number of benzene rings is 1. The SMILES string of the molecule is COC(=O)C(C)(C)COc1ccc(-c2ccc(-c3nc(Cl)c[nH]3)cn2)cc1. The number of aromatic nitrogens is 3. The number of H-pyrrole nitrogens is 1. The molecule has 3 rings (SSSR count). The number of hydrogen-bond acceptors (Lipinski definition) is 5. The fourth-order valence-electron chi connectivity index (χ4n) is 2.47. The second-order valence-corrected chi connectivity index (χ2v) is 7.08. The molecule has 0 aliphatic carbocycles. The van der Waals surface area contributed by atoms with Crippen LogP contribution >= 0.6 is 11.6 Å². The van der Waals surface area contributed by atoms with Gasteiger partial charge in [-0.3, -0.25) is 9.78 Å². The molecule has 2 heterocycles. The molecule has 0 aliphatic rings. The maximum atomic E-state index is 11.7. The second kappa shape index (κ2) is 7.80. The van der Waals surface area contributed by atoms with E-state index in [1.54, 1.807) is 26.2 Å². The zero-order valence-corrected chi connectivity index (χ0v) is 16.1. The number of hydrogen-bond donors (Lipinski definition) is 1. The van der Waals surface area contributed by atoms with Crippen molar-refractivity contribution in [3.05, 3.63) is 53.9 Å². The predicted octanol–water partition coefficient (Wildman–Crippen LogP) is 4.37. The molecule has 0 saturated carbocycles. The van der Waals surface area contributed by atoms with E-state index in [2.05, 4.69) is 15.0 Å². The maximum Gasteiger partial charge on any atom is 0.314 e. The minimum Gasteiger partial charge on any atom is -0.492 e. The Morgan fingerprint density at radius 3 is 2.41 bits per heavy atom. The molecular formula is C20H20ClN3O3. The first kappa shape index (κ1) is 18.9. The monoisotopic (exact) mass is 385 g/mol. The fourth-order valence-corrected chi connectivity index (χ4v) is 2.61. The summed E-state index contributed by atoms with van der Waals surface area (Å²) >= 11 is 5.83. The van der Waals surface area contributed by atoms with E-state index in [-0.39, 0.29) is 12.6 Å². The Balaban J connectivity index is 1.67. The van der Waals surface area contributed by atoms with Gasteiger partial charge in [-0.2, -0.15) is 0 Å². The smallest absolute Gasteiger partial charge is 0.314 e. The standard InChI is InChI=1S/C20H20ClN3O3/c1-20(2,19(25)26-3)12-27-15-7-4-13(5-8-15)16-9-6-14(10-22-16)18-23-11-17(21)24-18/h4-11H,12H2,1-3H3,(H,23,24). The lowest BCUT2D eigenvalue weighted by molar-refractivity contribution is -0.152. The number of carbonyl (C=O) groups excluding carboxylic acids is 1. The third-order valence-corrected chi connectivity index (χ3v) is 4.26. The van der Waals surface area contributed by atoms with Crippen LogP contribution in [0.5, 0.6) is 5.75 Å². The molecule has 1 aromatic carbocycles. The molecule has 0 aliphatic heterocycles. The minimum atomic E-state index is -0.709. The molecule has 0 amide bonds. The van der Waals surface area contributed by atoms with Crippen LogP contribution in [0.2, 0.25) is 5.15 Å². The number of ether oxygens (including phenoxy) is 2. The molecule has 0 spiro atoms. The Bertz CT molecular complexity index is 918. The van der Waals surface area contributed by atoms with Crippen LogP contribution in [0.3, 0.4) is 0 Å². The average Bonchev–Trinajstić information content (AvgIpc) is 3.12. The first-order valence-electron chi connectivity index (χ1n) is 8.38. The summed E-state index contributed by atoms with van der Waals surface area (Å²) < 4.78 is 10.5. The molecule has 0 atom stereocenters. The highest BCUT2D eigenvalue weighted by molar-refractivity contribution is 6.29. The second-order valence-electron chi connectivity index (χ2n) is 6.69. The summed E-state index contributed by atoms with van der Waals surface area (Å²) in [5, 5.41) is 0.417. The quantitative estimate of drug-likeness (QED) is 0.637. The first-order valence-corrected chi connectivity index (χ1v) is 8.76. The Kier molecular flexibility index (Phi) is 5.46. The zero-order chi connectivity index (χ0) is 19.4. The van der Waals surface area contributed by atoms with Crippen molar-refractivity contribution in [2.24, 2.45) is 5.41 Å². The topological polar surface area (TPSA) is 77.1 Å². The van der Waals surface area contributed by atoms with Crippen LogP contribution in [0.4, 0.5) is 0 Å². The molecule has 0 fully saturated rings. The van der Waals surface area contributed by atoms with E-state index in [9.17, 15) is 4.79 Å². The van der Waals surface area contributed by atoms with Gasteiger partial charge >= 0.3 is 5.97 Å². The molecule has 2 aromatic heterocycles. The normalized spacial score (nSPS) is 11.3. The molecule has 0 bridgehead atoms. The summed E-state index contributed by atoms with van der Waals surface area (Å²) in [6.07, 6.45) is 3.37. The van der Waals surface area contributed by atoms with Crippen molar-refractivity contribution in [2.45, 2.75) is 13.8 Å². The Morgan fingerprint density at radius 1 is 1.15 bits per heavy atom.